The molecule has 1 saturated heterocycles. The van der Waals surface area contributed by atoms with Crippen molar-refractivity contribution in [3.63, 3.8) is 0 Å². The number of ether oxygens (including phenoxy) is 1. The van der Waals surface area contributed by atoms with E-state index in [2.05, 4.69) is 5.32 Å². The first kappa shape index (κ1) is 9.88. The van der Waals surface area contributed by atoms with E-state index in [1.807, 2.05) is 0 Å². The normalized spacial score (nSPS) is 25.0. The third-order valence-electron chi connectivity index (χ3n) is 1.36. The molecule has 0 aliphatic carbocycles. The van der Waals surface area contributed by atoms with Crippen molar-refractivity contribution in [3.05, 3.63) is 0 Å². The molecular weight excluding hydrogens is 154 g/mol. The van der Waals surface area contributed by atoms with E-state index in [1.54, 1.807) is 0 Å². The smallest absolute Gasteiger partial charge is 0.122 e. The Balaban J connectivity index is 0.000000810. The van der Waals surface area contributed by atoms with Gasteiger partial charge in [0.2, 0.25) is 0 Å². The van der Waals surface area contributed by atoms with Crippen LogP contribution < -0.4 is 5.32 Å². The molecule has 0 aromatic heterocycles. The lowest BCUT2D eigenvalue weighted by Gasteiger charge is -2.21. The van der Waals surface area contributed by atoms with Gasteiger partial charge in [0, 0.05) is 19.5 Å². The summed E-state index contributed by atoms with van der Waals surface area (Å²) >= 11 is 0. The molecule has 1 atom stereocenters. The van der Waals surface area contributed by atoms with Crippen LogP contribution in [0.4, 0.5) is 0 Å². The third kappa shape index (κ3) is 3.15. The largest absolute Gasteiger partial charge is 0.375 e. The van der Waals surface area contributed by atoms with Crippen molar-refractivity contribution in [3.8, 4) is 0 Å². The monoisotopic (exact) mass is 165 g/mol. The Bertz CT molecular complexity index is 93.7. The number of hydrogen-bond acceptors (Lipinski definition) is 3. The van der Waals surface area contributed by atoms with Crippen molar-refractivity contribution in [1.29, 1.82) is 0 Å². The Morgan fingerprint density at radius 3 is 3.00 bits per heavy atom. The summed E-state index contributed by atoms with van der Waals surface area (Å²) in [4.78, 5) is 9.97. The van der Waals surface area contributed by atoms with Gasteiger partial charge in [-0.15, -0.1) is 12.4 Å². The Labute approximate surface area is 66.5 Å². The van der Waals surface area contributed by atoms with Gasteiger partial charge in [-0.25, -0.2) is 0 Å². The molecule has 0 aromatic rings. The highest BCUT2D eigenvalue weighted by Crippen LogP contribution is 1.97. The maximum atomic E-state index is 9.97. The lowest BCUT2D eigenvalue weighted by Crippen LogP contribution is -2.38. The van der Waals surface area contributed by atoms with Gasteiger partial charge in [-0.2, -0.15) is 0 Å². The molecule has 1 aliphatic heterocycles. The Kier molecular flexibility index (Phi) is 5.58. The van der Waals surface area contributed by atoms with Crippen molar-refractivity contribution in [1.82, 2.24) is 5.32 Å². The maximum Gasteiger partial charge on any atom is 0.122 e. The van der Waals surface area contributed by atoms with E-state index in [4.69, 9.17) is 4.74 Å². The lowest BCUT2D eigenvalue weighted by molar-refractivity contribution is -0.110. The van der Waals surface area contributed by atoms with E-state index < -0.39 is 0 Å². The predicted molar refractivity (Wildman–Crippen MR) is 40.5 cm³/mol. The summed E-state index contributed by atoms with van der Waals surface area (Å²) in [5, 5.41) is 3.14. The number of nitrogens with one attached hydrogen (secondary N) is 1. The van der Waals surface area contributed by atoms with E-state index in [0.717, 1.165) is 26.0 Å². The second kappa shape index (κ2) is 5.65. The fourth-order valence-electron chi connectivity index (χ4n) is 0.878. The number of morpholine rings is 1. The molecule has 10 heavy (non-hydrogen) atoms. The lowest BCUT2D eigenvalue weighted by atomic mass is 10.2. The molecule has 0 aromatic carbocycles. The van der Waals surface area contributed by atoms with Gasteiger partial charge < -0.3 is 14.8 Å². The zero-order valence-electron chi connectivity index (χ0n) is 5.71. The predicted octanol–water partition coefficient (Wildman–Crippen LogP) is -0.0144. The van der Waals surface area contributed by atoms with Crippen LogP contribution in [0.2, 0.25) is 0 Å². The quantitative estimate of drug-likeness (QED) is 0.585. The van der Waals surface area contributed by atoms with Gasteiger partial charge in [0.25, 0.3) is 0 Å². The van der Waals surface area contributed by atoms with E-state index in [9.17, 15) is 4.79 Å². The van der Waals surface area contributed by atoms with Crippen molar-refractivity contribution < 1.29 is 9.53 Å². The number of hydrogen-bond donors (Lipinski definition) is 1. The molecule has 1 rings (SSSR count). The van der Waals surface area contributed by atoms with Crippen LogP contribution in [0.15, 0.2) is 0 Å². The van der Waals surface area contributed by atoms with Gasteiger partial charge >= 0.3 is 0 Å². The molecule has 0 amide bonds. The van der Waals surface area contributed by atoms with Crippen LogP contribution in [0.5, 0.6) is 0 Å². The second-order valence-corrected chi connectivity index (χ2v) is 2.10. The summed E-state index contributed by atoms with van der Waals surface area (Å²) in [6.45, 7) is 2.46. The highest BCUT2D eigenvalue weighted by molar-refractivity contribution is 5.85. The van der Waals surface area contributed by atoms with Gasteiger partial charge in [0.1, 0.15) is 6.29 Å². The number of aldehydes is 1. The summed E-state index contributed by atoms with van der Waals surface area (Å²) in [5.41, 5.74) is 0. The van der Waals surface area contributed by atoms with E-state index in [0.29, 0.717) is 6.42 Å². The molecule has 60 valence electrons. The fraction of sp³-hybridized carbons (Fsp3) is 0.833. The zero-order valence-corrected chi connectivity index (χ0v) is 6.52. The van der Waals surface area contributed by atoms with Crippen LogP contribution in [-0.4, -0.2) is 32.1 Å². The van der Waals surface area contributed by atoms with E-state index in [-0.39, 0.29) is 18.5 Å². The summed E-state index contributed by atoms with van der Waals surface area (Å²) in [6.07, 6.45) is 1.54. The average Bonchev–Trinajstić information content (AvgIpc) is 1.91. The van der Waals surface area contributed by atoms with E-state index in [1.165, 1.54) is 0 Å². The van der Waals surface area contributed by atoms with Gasteiger partial charge in [-0.3, -0.25) is 0 Å². The average molecular weight is 166 g/mol. The molecule has 4 heteroatoms. The fourth-order valence-corrected chi connectivity index (χ4v) is 0.878. The zero-order chi connectivity index (χ0) is 6.53. The van der Waals surface area contributed by atoms with Crippen LogP contribution in [0.1, 0.15) is 6.42 Å². The SMILES string of the molecule is Cl.O=CCC1CNCCO1. The van der Waals surface area contributed by atoms with Crippen LogP contribution in [0, 0.1) is 0 Å². The molecular formula is C6H12ClNO2. The van der Waals surface area contributed by atoms with Gasteiger partial charge in [0.05, 0.1) is 12.7 Å². The summed E-state index contributed by atoms with van der Waals surface area (Å²) in [5.74, 6) is 0. The number of rotatable bonds is 2. The van der Waals surface area contributed by atoms with Crippen LogP contribution in [0.25, 0.3) is 0 Å². The Morgan fingerprint density at radius 2 is 2.50 bits per heavy atom. The molecule has 1 fully saturated rings. The molecule has 3 nitrogen and oxygen atoms in total. The number of carbonyl (C=O) groups is 1. The minimum Gasteiger partial charge on any atom is -0.375 e. The first-order valence-corrected chi connectivity index (χ1v) is 3.19. The van der Waals surface area contributed by atoms with Crippen molar-refractivity contribution in [2.24, 2.45) is 0 Å². The third-order valence-corrected chi connectivity index (χ3v) is 1.36. The highest BCUT2D eigenvalue weighted by atomic mass is 35.5. The Hall–Kier alpha value is -0.120. The number of halogens is 1. The standard InChI is InChI=1S/C6H11NO2.ClH/c8-3-1-6-5-7-2-4-9-6;/h3,6-7H,1-2,4-5H2;1H. The van der Waals surface area contributed by atoms with Crippen molar-refractivity contribution in [2.75, 3.05) is 19.7 Å². The van der Waals surface area contributed by atoms with E-state index >= 15 is 0 Å². The van der Waals surface area contributed by atoms with Gasteiger partial charge in [0.15, 0.2) is 0 Å². The van der Waals surface area contributed by atoms with Crippen LogP contribution in [0.3, 0.4) is 0 Å². The Morgan fingerprint density at radius 1 is 1.70 bits per heavy atom. The molecule has 1 N–H and O–H groups in total. The second-order valence-electron chi connectivity index (χ2n) is 2.10. The van der Waals surface area contributed by atoms with Crippen molar-refractivity contribution >= 4 is 18.7 Å². The van der Waals surface area contributed by atoms with Gasteiger partial charge in [-0.05, 0) is 0 Å². The molecule has 0 saturated carbocycles. The summed E-state index contributed by atoms with van der Waals surface area (Å²) in [6, 6.07) is 0. The topological polar surface area (TPSA) is 38.3 Å². The van der Waals surface area contributed by atoms with Crippen molar-refractivity contribution in [2.45, 2.75) is 12.5 Å². The van der Waals surface area contributed by atoms with Crippen LogP contribution in [-0.2, 0) is 9.53 Å². The minimum atomic E-state index is 0. The minimum absolute atomic E-state index is 0. The van der Waals surface area contributed by atoms with Gasteiger partial charge in [-0.1, -0.05) is 0 Å². The maximum absolute atomic E-state index is 9.97. The first-order valence-electron chi connectivity index (χ1n) is 3.19. The molecule has 0 radical (unpaired) electrons. The highest BCUT2D eigenvalue weighted by Gasteiger charge is 2.11. The number of carbonyl (C=O) groups excluding carboxylic acids is 1. The summed E-state index contributed by atoms with van der Waals surface area (Å²) < 4.78 is 5.22. The molecule has 0 spiro atoms. The molecule has 0 bridgehead atoms. The molecule has 1 unspecified atom stereocenters. The van der Waals surface area contributed by atoms with Crippen LogP contribution >= 0.6 is 12.4 Å². The summed E-state index contributed by atoms with van der Waals surface area (Å²) in [7, 11) is 0. The first-order chi connectivity index (χ1) is 4.43. The molecule has 1 aliphatic rings. The molecule has 1 heterocycles.